The number of hydroxylamine groups is 1. The maximum Gasteiger partial charge on any atom is 0.230 e. The zero-order valence-electron chi connectivity index (χ0n) is 17.6. The number of hydrogen-bond acceptors (Lipinski definition) is 2. The zero-order valence-corrected chi connectivity index (χ0v) is 18.5. The second-order valence-electron chi connectivity index (χ2n) is 7.73. The van der Waals surface area contributed by atoms with E-state index in [1.807, 2.05) is 109 Å². The van der Waals surface area contributed by atoms with Crippen LogP contribution in [0.1, 0.15) is 23.3 Å². The Bertz CT molecular complexity index is 1180. The van der Waals surface area contributed by atoms with Crippen LogP contribution in [0.15, 0.2) is 133 Å². The van der Waals surface area contributed by atoms with Gasteiger partial charge in [-0.3, -0.25) is 9.40 Å². The van der Waals surface area contributed by atoms with Crippen LogP contribution < -0.4 is 10.6 Å². The van der Waals surface area contributed by atoms with E-state index in [-0.39, 0.29) is 12.1 Å². The largest absolute Gasteiger partial charge is 0.294 e. The fraction of sp³-hybridized carbons (Fsp3) is 0.0714. The molecule has 1 aliphatic heterocycles. The Morgan fingerprint density at radius 2 is 1.00 bits per heavy atom. The molecule has 158 valence electrons. The first-order chi connectivity index (χ1) is 15.8. The van der Waals surface area contributed by atoms with Crippen molar-refractivity contribution in [2.75, 3.05) is 0 Å². The minimum Gasteiger partial charge on any atom is -0.294 e. The average Bonchev–Trinajstić information content (AvgIpc) is 2.90. The monoisotopic (exact) mass is 437 g/mol. The summed E-state index contributed by atoms with van der Waals surface area (Å²) >= 11 is 0. The van der Waals surface area contributed by atoms with E-state index in [9.17, 15) is 0 Å². The van der Waals surface area contributed by atoms with E-state index in [1.54, 1.807) is 4.83 Å². The Morgan fingerprint density at radius 3 is 1.50 bits per heavy atom. The van der Waals surface area contributed by atoms with Crippen LogP contribution in [0.4, 0.5) is 0 Å². The van der Waals surface area contributed by atoms with Crippen molar-refractivity contribution in [3.63, 3.8) is 0 Å². The molecule has 0 N–H and O–H groups in total. The first kappa shape index (κ1) is 20.7. The standard InChI is InChI=1S/C28H24NO2P/c30-32(25-17-9-3-10-18-25,26-19-11-4-12-20-26)29-27(23-13-5-1-6-14-23)21-22-28(31-29)24-15-7-2-8-16-24/h1-22,27-28H/t27-,28+/m0/s1. The fourth-order valence-electron chi connectivity index (χ4n) is 4.08. The molecule has 0 unspecified atom stereocenters. The highest BCUT2D eigenvalue weighted by Gasteiger charge is 2.43. The van der Waals surface area contributed by atoms with Gasteiger partial charge in [0.05, 0.1) is 6.04 Å². The third kappa shape index (κ3) is 3.87. The molecule has 2 atom stereocenters. The van der Waals surface area contributed by atoms with Gasteiger partial charge in [-0.2, -0.15) is 0 Å². The molecule has 0 saturated heterocycles. The van der Waals surface area contributed by atoms with Gasteiger partial charge in [-0.25, -0.2) is 0 Å². The third-order valence-electron chi connectivity index (χ3n) is 5.69. The molecule has 1 heterocycles. The van der Waals surface area contributed by atoms with E-state index >= 15 is 4.57 Å². The van der Waals surface area contributed by atoms with Gasteiger partial charge in [0.1, 0.15) is 6.10 Å². The van der Waals surface area contributed by atoms with Gasteiger partial charge in [0.15, 0.2) is 0 Å². The van der Waals surface area contributed by atoms with E-state index < -0.39 is 7.29 Å². The van der Waals surface area contributed by atoms with Crippen LogP contribution in [0.25, 0.3) is 0 Å². The molecule has 0 spiro atoms. The van der Waals surface area contributed by atoms with Crippen molar-refractivity contribution >= 4 is 17.9 Å². The van der Waals surface area contributed by atoms with Crippen molar-refractivity contribution in [2.45, 2.75) is 12.1 Å². The van der Waals surface area contributed by atoms with Gasteiger partial charge in [0, 0.05) is 10.6 Å². The summed E-state index contributed by atoms with van der Waals surface area (Å²) < 4.78 is 15.1. The number of hydrogen-bond donors (Lipinski definition) is 0. The summed E-state index contributed by atoms with van der Waals surface area (Å²) in [6.45, 7) is 0. The lowest BCUT2D eigenvalue weighted by molar-refractivity contribution is -0.144. The minimum atomic E-state index is -3.32. The molecule has 0 amide bonds. The third-order valence-corrected chi connectivity index (χ3v) is 8.58. The van der Waals surface area contributed by atoms with Gasteiger partial charge in [-0.05, 0) is 35.4 Å². The van der Waals surface area contributed by atoms with Gasteiger partial charge in [0.25, 0.3) is 0 Å². The van der Waals surface area contributed by atoms with Gasteiger partial charge in [-0.1, -0.05) is 109 Å². The van der Waals surface area contributed by atoms with Crippen molar-refractivity contribution in [1.82, 2.24) is 4.83 Å². The molecule has 4 aromatic rings. The molecular formula is C28H24NO2P. The number of rotatable bonds is 5. The summed E-state index contributed by atoms with van der Waals surface area (Å²) in [5.41, 5.74) is 2.05. The van der Waals surface area contributed by atoms with Crippen LogP contribution in [-0.4, -0.2) is 4.83 Å². The molecule has 0 aliphatic carbocycles. The molecule has 0 saturated carbocycles. The van der Waals surface area contributed by atoms with Crippen molar-refractivity contribution in [3.8, 4) is 0 Å². The highest BCUT2D eigenvalue weighted by molar-refractivity contribution is 7.76. The lowest BCUT2D eigenvalue weighted by Gasteiger charge is -2.40. The van der Waals surface area contributed by atoms with Crippen LogP contribution in [0.3, 0.4) is 0 Å². The molecule has 3 nitrogen and oxygen atoms in total. The van der Waals surface area contributed by atoms with E-state index in [2.05, 4.69) is 24.3 Å². The maximum absolute atomic E-state index is 15.1. The lowest BCUT2D eigenvalue weighted by Crippen LogP contribution is -2.37. The summed E-state index contributed by atoms with van der Waals surface area (Å²) in [5, 5.41) is 1.49. The first-order valence-corrected chi connectivity index (χ1v) is 12.4. The van der Waals surface area contributed by atoms with Crippen LogP contribution in [0, 0.1) is 0 Å². The summed E-state index contributed by atoms with van der Waals surface area (Å²) in [7, 11) is -3.32. The second-order valence-corrected chi connectivity index (χ2v) is 10.3. The summed E-state index contributed by atoms with van der Waals surface area (Å²) in [4.78, 5) is 8.34. The Hall–Kier alpha value is -3.23. The van der Waals surface area contributed by atoms with Gasteiger partial charge in [0.2, 0.25) is 7.29 Å². The quantitative estimate of drug-likeness (QED) is 0.275. The first-order valence-electron chi connectivity index (χ1n) is 10.7. The fourth-order valence-corrected chi connectivity index (χ4v) is 6.78. The zero-order chi connectivity index (χ0) is 21.8. The molecule has 32 heavy (non-hydrogen) atoms. The SMILES string of the molecule is O=P(c1ccccc1)(c1ccccc1)N1O[C@@H](c2ccccc2)C=C[C@H]1c1ccccc1. The molecule has 0 bridgehead atoms. The molecule has 4 heteroatoms. The Balaban J connectivity index is 1.69. The predicted molar refractivity (Wildman–Crippen MR) is 130 cm³/mol. The predicted octanol–water partition coefficient (Wildman–Crippen LogP) is 6.20. The molecule has 5 rings (SSSR count). The topological polar surface area (TPSA) is 29.5 Å². The number of nitrogens with zero attached hydrogens (tertiary/aromatic N) is 1. The van der Waals surface area contributed by atoms with E-state index in [1.165, 1.54) is 0 Å². The van der Waals surface area contributed by atoms with Crippen LogP contribution >= 0.6 is 7.29 Å². The molecule has 0 radical (unpaired) electrons. The highest BCUT2D eigenvalue weighted by Crippen LogP contribution is 2.55. The number of benzene rings is 4. The lowest BCUT2D eigenvalue weighted by atomic mass is 10.0. The molecule has 0 aromatic heterocycles. The molecule has 4 aromatic carbocycles. The summed E-state index contributed by atoms with van der Waals surface area (Å²) in [6.07, 6.45) is 3.84. The van der Waals surface area contributed by atoms with Crippen molar-refractivity contribution < 1.29 is 9.40 Å². The Labute approximate surface area is 189 Å². The van der Waals surface area contributed by atoms with Gasteiger partial charge < -0.3 is 0 Å². The highest BCUT2D eigenvalue weighted by atomic mass is 31.2. The minimum absolute atomic E-state index is 0.289. The maximum atomic E-state index is 15.1. The van der Waals surface area contributed by atoms with Crippen LogP contribution in [-0.2, 0) is 9.40 Å². The van der Waals surface area contributed by atoms with E-state index in [0.717, 1.165) is 21.7 Å². The van der Waals surface area contributed by atoms with Gasteiger partial charge >= 0.3 is 0 Å². The summed E-state index contributed by atoms with van der Waals surface area (Å²) in [6, 6.07) is 39.1. The normalized spacial score (nSPS) is 19.0. The van der Waals surface area contributed by atoms with Crippen LogP contribution in [0.5, 0.6) is 0 Å². The van der Waals surface area contributed by atoms with Crippen molar-refractivity contribution in [3.05, 3.63) is 145 Å². The molecule has 1 aliphatic rings. The van der Waals surface area contributed by atoms with E-state index in [4.69, 9.17) is 4.84 Å². The van der Waals surface area contributed by atoms with Crippen molar-refractivity contribution in [1.29, 1.82) is 0 Å². The van der Waals surface area contributed by atoms with Crippen LogP contribution in [0.2, 0.25) is 0 Å². The average molecular weight is 437 g/mol. The van der Waals surface area contributed by atoms with Crippen molar-refractivity contribution in [2.24, 2.45) is 0 Å². The Morgan fingerprint density at radius 1 is 0.562 bits per heavy atom. The van der Waals surface area contributed by atoms with Gasteiger partial charge in [-0.15, -0.1) is 4.83 Å². The summed E-state index contributed by atoms with van der Waals surface area (Å²) in [5.74, 6) is 0. The van der Waals surface area contributed by atoms with E-state index in [0.29, 0.717) is 0 Å². The smallest absolute Gasteiger partial charge is 0.230 e. The second kappa shape index (κ2) is 9.10. The molecule has 0 fully saturated rings. The Kier molecular flexibility index (Phi) is 5.87. The molecular weight excluding hydrogens is 413 g/mol.